The third kappa shape index (κ3) is 9.93. The van der Waals surface area contributed by atoms with Gasteiger partial charge in [0.2, 0.25) is 0 Å². The largest absolute Gasteiger partial charge is 0.449 e. The van der Waals surface area contributed by atoms with Crippen LogP contribution in [0.4, 0.5) is 4.79 Å². The van der Waals surface area contributed by atoms with Crippen molar-refractivity contribution in [1.29, 1.82) is 0 Å². The van der Waals surface area contributed by atoms with E-state index in [0.29, 0.717) is 6.54 Å². The quantitative estimate of drug-likeness (QED) is 0.612. The third-order valence-electron chi connectivity index (χ3n) is 1.72. The maximum atomic E-state index is 11.3. The molecule has 0 saturated carbocycles. The van der Waals surface area contributed by atoms with Gasteiger partial charge in [0.15, 0.2) is 6.07 Å². The molecule has 0 bridgehead atoms. The van der Waals surface area contributed by atoms with Crippen LogP contribution < -0.4 is 5.32 Å². The van der Waals surface area contributed by atoms with Gasteiger partial charge in [-0.05, 0) is 26.7 Å². The fraction of sp³-hybridized carbons (Fsp3) is 0.818. The highest BCUT2D eigenvalue weighted by molar-refractivity contribution is 6.17. The maximum Gasteiger partial charge on any atom is 0.407 e. The first-order valence-electron chi connectivity index (χ1n) is 5.43. The minimum Gasteiger partial charge on any atom is -0.449 e. The van der Waals surface area contributed by atoms with Crippen LogP contribution in [-0.2, 0) is 14.3 Å². The number of hydrogen-bond acceptors (Lipinski definition) is 4. The lowest BCUT2D eigenvalue weighted by Crippen LogP contribution is -2.35. The molecule has 0 aliphatic heterocycles. The van der Waals surface area contributed by atoms with E-state index in [9.17, 15) is 9.59 Å². The van der Waals surface area contributed by atoms with Crippen molar-refractivity contribution < 1.29 is 19.1 Å². The number of halogens is 1. The molecule has 0 radical (unpaired) electrons. The lowest BCUT2D eigenvalue weighted by atomic mass is 10.1. The number of rotatable bonds is 5. The number of alkyl halides is 1. The van der Waals surface area contributed by atoms with Crippen molar-refractivity contribution in [2.45, 2.75) is 39.7 Å². The van der Waals surface area contributed by atoms with E-state index in [2.05, 4.69) is 10.1 Å². The van der Waals surface area contributed by atoms with Crippen LogP contribution in [-0.4, -0.2) is 30.3 Å². The summed E-state index contributed by atoms with van der Waals surface area (Å²) in [5, 5.41) is 2.58. The molecule has 0 saturated heterocycles. The van der Waals surface area contributed by atoms with Crippen molar-refractivity contribution in [3.63, 3.8) is 0 Å². The van der Waals surface area contributed by atoms with E-state index >= 15 is 0 Å². The summed E-state index contributed by atoms with van der Waals surface area (Å²) in [6.45, 7) is 7.54. The summed E-state index contributed by atoms with van der Waals surface area (Å²) in [5.74, 6) is -0.406. The molecule has 6 heteroatoms. The smallest absolute Gasteiger partial charge is 0.407 e. The molecule has 0 aromatic carbocycles. The molecule has 5 nitrogen and oxygen atoms in total. The standard InChI is InChI=1S/C11H20ClNO4/c1-8(5-9(14)16-7-12)6-13-10(15)17-11(2,3)4/h8H,5-7H2,1-4H3,(H,13,15). The average Bonchev–Trinajstić information content (AvgIpc) is 2.12. The number of carbonyl (C=O) groups is 2. The Hall–Kier alpha value is -0.970. The minimum atomic E-state index is -0.523. The first-order chi connectivity index (χ1) is 7.74. The fourth-order valence-electron chi connectivity index (χ4n) is 1.05. The number of alkyl carbamates (subject to hydrolysis) is 1. The van der Waals surface area contributed by atoms with Crippen LogP contribution in [0.1, 0.15) is 34.1 Å². The van der Waals surface area contributed by atoms with Gasteiger partial charge in [-0.15, -0.1) is 0 Å². The molecule has 1 N–H and O–H groups in total. The Morgan fingerprint density at radius 1 is 1.35 bits per heavy atom. The van der Waals surface area contributed by atoms with E-state index in [1.165, 1.54) is 0 Å². The van der Waals surface area contributed by atoms with E-state index in [1.807, 2.05) is 6.92 Å². The lowest BCUT2D eigenvalue weighted by Gasteiger charge is -2.20. The van der Waals surface area contributed by atoms with Gasteiger partial charge in [-0.3, -0.25) is 4.79 Å². The number of hydrogen-bond donors (Lipinski definition) is 1. The monoisotopic (exact) mass is 265 g/mol. The Balaban J connectivity index is 3.80. The summed E-state index contributed by atoms with van der Waals surface area (Å²) in [6, 6.07) is -0.148. The van der Waals surface area contributed by atoms with Gasteiger partial charge >= 0.3 is 12.1 Å². The van der Waals surface area contributed by atoms with Crippen LogP contribution in [0.25, 0.3) is 0 Å². The molecule has 0 rings (SSSR count). The van der Waals surface area contributed by atoms with Crippen molar-refractivity contribution in [1.82, 2.24) is 5.32 Å². The van der Waals surface area contributed by atoms with Crippen molar-refractivity contribution in [2.75, 3.05) is 12.6 Å². The predicted molar refractivity (Wildman–Crippen MR) is 64.8 cm³/mol. The van der Waals surface area contributed by atoms with Crippen LogP contribution in [0.15, 0.2) is 0 Å². The fourth-order valence-corrected chi connectivity index (χ4v) is 1.17. The highest BCUT2D eigenvalue weighted by atomic mass is 35.5. The van der Waals surface area contributed by atoms with E-state index in [-0.39, 0.29) is 24.4 Å². The van der Waals surface area contributed by atoms with E-state index in [4.69, 9.17) is 16.3 Å². The Morgan fingerprint density at radius 2 is 1.94 bits per heavy atom. The zero-order chi connectivity index (χ0) is 13.5. The first kappa shape index (κ1) is 16.0. The zero-order valence-electron chi connectivity index (χ0n) is 10.7. The molecule has 1 unspecified atom stereocenters. The summed E-state index contributed by atoms with van der Waals surface area (Å²) < 4.78 is 9.64. The van der Waals surface area contributed by atoms with Gasteiger partial charge < -0.3 is 14.8 Å². The summed E-state index contributed by atoms with van der Waals surface area (Å²) >= 11 is 5.25. The SMILES string of the molecule is CC(CNC(=O)OC(C)(C)C)CC(=O)OCCl. The Morgan fingerprint density at radius 3 is 2.41 bits per heavy atom. The van der Waals surface area contributed by atoms with Gasteiger partial charge in [0.05, 0.1) is 0 Å². The molecule has 0 aromatic heterocycles. The van der Waals surface area contributed by atoms with Crippen LogP contribution >= 0.6 is 11.6 Å². The van der Waals surface area contributed by atoms with Crippen LogP contribution in [0.2, 0.25) is 0 Å². The second kappa shape index (κ2) is 7.37. The van der Waals surface area contributed by atoms with Crippen molar-refractivity contribution in [2.24, 2.45) is 5.92 Å². The number of amides is 1. The van der Waals surface area contributed by atoms with Crippen molar-refractivity contribution in [3.8, 4) is 0 Å². The molecule has 0 heterocycles. The van der Waals surface area contributed by atoms with E-state index in [0.717, 1.165) is 0 Å². The number of nitrogens with one attached hydrogen (secondary N) is 1. The molecular weight excluding hydrogens is 246 g/mol. The number of ether oxygens (including phenoxy) is 2. The van der Waals surface area contributed by atoms with Gasteiger partial charge in [-0.25, -0.2) is 4.79 Å². The second-order valence-electron chi connectivity index (χ2n) is 4.82. The molecule has 0 fully saturated rings. The summed E-state index contributed by atoms with van der Waals surface area (Å²) in [7, 11) is 0. The molecule has 0 aliphatic carbocycles. The van der Waals surface area contributed by atoms with Crippen LogP contribution in [0.3, 0.4) is 0 Å². The average molecular weight is 266 g/mol. The van der Waals surface area contributed by atoms with Crippen LogP contribution in [0, 0.1) is 5.92 Å². The molecule has 1 atom stereocenters. The lowest BCUT2D eigenvalue weighted by molar-refractivity contribution is -0.142. The van der Waals surface area contributed by atoms with Gasteiger partial charge in [-0.1, -0.05) is 18.5 Å². The van der Waals surface area contributed by atoms with Gasteiger partial charge in [0.1, 0.15) is 5.60 Å². The van der Waals surface area contributed by atoms with E-state index in [1.54, 1.807) is 20.8 Å². The van der Waals surface area contributed by atoms with Crippen LogP contribution in [0.5, 0.6) is 0 Å². The highest BCUT2D eigenvalue weighted by Crippen LogP contribution is 2.07. The Bertz CT molecular complexity index is 263. The normalized spacial score (nSPS) is 12.8. The maximum absolute atomic E-state index is 11.3. The molecule has 0 aliphatic rings. The first-order valence-corrected chi connectivity index (χ1v) is 5.96. The summed E-state index contributed by atoms with van der Waals surface area (Å²) in [5.41, 5.74) is -0.523. The molecular formula is C11H20ClNO4. The van der Waals surface area contributed by atoms with Gasteiger partial charge in [-0.2, -0.15) is 0 Å². The number of carbonyl (C=O) groups excluding carboxylic acids is 2. The van der Waals surface area contributed by atoms with Crippen molar-refractivity contribution in [3.05, 3.63) is 0 Å². The molecule has 1 amide bonds. The molecule has 17 heavy (non-hydrogen) atoms. The van der Waals surface area contributed by atoms with Crippen molar-refractivity contribution >= 4 is 23.7 Å². The number of esters is 1. The highest BCUT2D eigenvalue weighted by Gasteiger charge is 2.17. The Labute approximate surface area is 107 Å². The zero-order valence-corrected chi connectivity index (χ0v) is 11.5. The van der Waals surface area contributed by atoms with E-state index < -0.39 is 11.7 Å². The predicted octanol–water partition coefficient (Wildman–Crippen LogP) is 2.28. The van der Waals surface area contributed by atoms with Gasteiger partial charge in [0.25, 0.3) is 0 Å². The van der Waals surface area contributed by atoms with Gasteiger partial charge in [0, 0.05) is 13.0 Å². The molecule has 0 spiro atoms. The summed E-state index contributed by atoms with van der Waals surface area (Å²) in [6.07, 6.45) is -0.280. The minimum absolute atomic E-state index is 0.0294. The topological polar surface area (TPSA) is 64.6 Å². The molecule has 0 aromatic rings. The second-order valence-corrected chi connectivity index (χ2v) is 5.04. The third-order valence-corrected chi connectivity index (χ3v) is 1.83. The molecule has 100 valence electrons. The summed E-state index contributed by atoms with van der Waals surface area (Å²) in [4.78, 5) is 22.4. The Kier molecular flexibility index (Phi) is 6.95.